The molecule has 0 spiro atoms. The molecule has 0 atom stereocenters. The standard InChI is InChI=1S/C12H15FN2OSi/c1-17(2,3)8-9-7-11(15-16-9)10-5-4-6-12(13)14-10/h4-7H,8H2,1-3H3. The summed E-state index contributed by atoms with van der Waals surface area (Å²) in [5, 5.41) is 3.93. The minimum Gasteiger partial charge on any atom is -0.361 e. The van der Waals surface area contributed by atoms with Crippen molar-refractivity contribution in [1.82, 2.24) is 10.1 Å². The summed E-state index contributed by atoms with van der Waals surface area (Å²) in [7, 11) is -1.22. The molecule has 2 rings (SSSR count). The van der Waals surface area contributed by atoms with Crippen molar-refractivity contribution < 1.29 is 8.91 Å². The Morgan fingerprint density at radius 3 is 2.65 bits per heavy atom. The first kappa shape index (κ1) is 12.0. The zero-order valence-electron chi connectivity index (χ0n) is 10.2. The Labute approximate surface area is 101 Å². The summed E-state index contributed by atoms with van der Waals surface area (Å²) in [6, 6.07) is 7.42. The van der Waals surface area contributed by atoms with Crippen LogP contribution in [-0.4, -0.2) is 18.2 Å². The zero-order valence-corrected chi connectivity index (χ0v) is 11.2. The van der Waals surface area contributed by atoms with Gasteiger partial charge < -0.3 is 4.52 Å². The fourth-order valence-electron chi connectivity index (χ4n) is 1.59. The van der Waals surface area contributed by atoms with Crippen LogP contribution in [0.15, 0.2) is 28.8 Å². The van der Waals surface area contributed by atoms with Crippen molar-refractivity contribution in [1.29, 1.82) is 0 Å². The normalized spacial score (nSPS) is 11.8. The van der Waals surface area contributed by atoms with E-state index in [-0.39, 0.29) is 0 Å². The topological polar surface area (TPSA) is 38.9 Å². The third kappa shape index (κ3) is 3.23. The van der Waals surface area contributed by atoms with E-state index < -0.39 is 14.0 Å². The zero-order chi connectivity index (χ0) is 12.5. The van der Waals surface area contributed by atoms with Crippen LogP contribution in [0.1, 0.15) is 5.76 Å². The molecule has 90 valence electrons. The molecule has 0 fully saturated rings. The van der Waals surface area contributed by atoms with Gasteiger partial charge >= 0.3 is 0 Å². The molecule has 0 N–H and O–H groups in total. The largest absolute Gasteiger partial charge is 0.361 e. The van der Waals surface area contributed by atoms with E-state index in [0.29, 0.717) is 11.4 Å². The van der Waals surface area contributed by atoms with Gasteiger partial charge in [-0.05, 0) is 12.1 Å². The Morgan fingerprint density at radius 2 is 2.00 bits per heavy atom. The van der Waals surface area contributed by atoms with Crippen LogP contribution in [-0.2, 0) is 6.04 Å². The Morgan fingerprint density at radius 1 is 1.24 bits per heavy atom. The average molecular weight is 250 g/mol. The lowest BCUT2D eigenvalue weighted by molar-refractivity contribution is 0.395. The second kappa shape index (κ2) is 4.41. The number of rotatable bonds is 3. The van der Waals surface area contributed by atoms with Gasteiger partial charge in [0.05, 0.1) is 13.8 Å². The highest BCUT2D eigenvalue weighted by Crippen LogP contribution is 2.19. The summed E-state index contributed by atoms with van der Waals surface area (Å²) in [5.41, 5.74) is 1.10. The summed E-state index contributed by atoms with van der Waals surface area (Å²) in [6.07, 6.45) is 0. The molecule has 0 aliphatic rings. The Kier molecular flexibility index (Phi) is 3.10. The summed E-state index contributed by atoms with van der Waals surface area (Å²) in [6.45, 7) is 6.78. The first-order valence-corrected chi connectivity index (χ1v) is 9.23. The number of aromatic nitrogens is 2. The SMILES string of the molecule is C[Si](C)(C)Cc1cc(-c2cccc(F)n2)no1. The molecule has 0 aliphatic carbocycles. The van der Waals surface area contributed by atoms with Crippen LogP contribution in [0.3, 0.4) is 0 Å². The van der Waals surface area contributed by atoms with E-state index in [0.717, 1.165) is 11.8 Å². The van der Waals surface area contributed by atoms with Crippen molar-refractivity contribution in [2.75, 3.05) is 0 Å². The molecule has 17 heavy (non-hydrogen) atoms. The lowest BCUT2D eigenvalue weighted by atomic mass is 10.2. The molecule has 0 saturated carbocycles. The van der Waals surface area contributed by atoms with Crippen molar-refractivity contribution in [2.45, 2.75) is 25.7 Å². The summed E-state index contributed by atoms with van der Waals surface area (Å²) in [5.74, 6) is 0.350. The second-order valence-corrected chi connectivity index (χ2v) is 10.7. The van der Waals surface area contributed by atoms with Gasteiger partial charge in [-0.15, -0.1) is 0 Å². The minimum atomic E-state index is -1.22. The Bertz CT molecular complexity index is 519. The van der Waals surface area contributed by atoms with E-state index in [9.17, 15) is 4.39 Å². The van der Waals surface area contributed by atoms with E-state index >= 15 is 0 Å². The fraction of sp³-hybridized carbons (Fsp3) is 0.333. The molecule has 2 aromatic rings. The molecular weight excluding hydrogens is 235 g/mol. The molecule has 0 bridgehead atoms. The maximum absolute atomic E-state index is 13.0. The van der Waals surface area contributed by atoms with Crippen LogP contribution in [0.2, 0.25) is 19.6 Å². The van der Waals surface area contributed by atoms with Crippen molar-refractivity contribution in [2.24, 2.45) is 0 Å². The summed E-state index contributed by atoms with van der Waals surface area (Å²) < 4.78 is 18.2. The van der Waals surface area contributed by atoms with Gasteiger partial charge in [-0.1, -0.05) is 30.9 Å². The number of pyridine rings is 1. The Hall–Kier alpha value is -1.49. The molecule has 3 nitrogen and oxygen atoms in total. The fourth-order valence-corrected chi connectivity index (χ4v) is 2.80. The van der Waals surface area contributed by atoms with Crippen LogP contribution >= 0.6 is 0 Å². The monoisotopic (exact) mass is 250 g/mol. The van der Waals surface area contributed by atoms with Crippen LogP contribution in [0.5, 0.6) is 0 Å². The molecule has 0 aliphatic heterocycles. The second-order valence-electron chi connectivity index (χ2n) is 5.26. The molecule has 2 heterocycles. The maximum atomic E-state index is 13.0. The van der Waals surface area contributed by atoms with Crippen LogP contribution in [0.25, 0.3) is 11.4 Å². The van der Waals surface area contributed by atoms with Gasteiger partial charge in [0, 0.05) is 12.1 Å². The van der Waals surface area contributed by atoms with Gasteiger partial charge in [-0.2, -0.15) is 4.39 Å². The van der Waals surface area contributed by atoms with Gasteiger partial charge in [0.1, 0.15) is 11.5 Å². The highest BCUT2D eigenvalue weighted by molar-refractivity contribution is 6.75. The average Bonchev–Trinajstić information content (AvgIpc) is 2.63. The molecule has 5 heteroatoms. The first-order chi connectivity index (χ1) is 7.94. The number of nitrogens with zero attached hydrogens (tertiary/aromatic N) is 2. The van der Waals surface area contributed by atoms with E-state index in [1.54, 1.807) is 12.1 Å². The number of hydrogen-bond donors (Lipinski definition) is 0. The van der Waals surface area contributed by atoms with Crippen molar-refractivity contribution in [3.8, 4) is 11.4 Å². The highest BCUT2D eigenvalue weighted by Gasteiger charge is 2.18. The highest BCUT2D eigenvalue weighted by atomic mass is 28.3. The van der Waals surface area contributed by atoms with Crippen LogP contribution in [0, 0.1) is 5.95 Å². The maximum Gasteiger partial charge on any atom is 0.213 e. The first-order valence-electron chi connectivity index (χ1n) is 5.52. The third-order valence-electron chi connectivity index (χ3n) is 2.24. The van der Waals surface area contributed by atoms with Crippen molar-refractivity contribution in [3.05, 3.63) is 36.0 Å². The molecule has 0 aromatic carbocycles. The van der Waals surface area contributed by atoms with E-state index in [4.69, 9.17) is 4.52 Å². The van der Waals surface area contributed by atoms with Crippen LogP contribution in [0.4, 0.5) is 4.39 Å². The van der Waals surface area contributed by atoms with E-state index in [1.165, 1.54) is 6.07 Å². The lowest BCUT2D eigenvalue weighted by Crippen LogP contribution is -2.23. The lowest BCUT2D eigenvalue weighted by Gasteiger charge is -2.11. The van der Waals surface area contributed by atoms with Crippen molar-refractivity contribution >= 4 is 8.07 Å². The smallest absolute Gasteiger partial charge is 0.213 e. The molecule has 0 radical (unpaired) electrons. The van der Waals surface area contributed by atoms with E-state index in [1.807, 2.05) is 6.07 Å². The summed E-state index contributed by atoms with van der Waals surface area (Å²) >= 11 is 0. The predicted octanol–water partition coefficient (Wildman–Crippen LogP) is 3.30. The molecule has 0 amide bonds. The number of hydrogen-bond acceptors (Lipinski definition) is 3. The van der Waals surface area contributed by atoms with Gasteiger partial charge in [0.25, 0.3) is 0 Å². The minimum absolute atomic E-state index is 0.503. The van der Waals surface area contributed by atoms with Crippen molar-refractivity contribution in [3.63, 3.8) is 0 Å². The Balaban J connectivity index is 2.24. The predicted molar refractivity (Wildman–Crippen MR) is 66.7 cm³/mol. The quantitative estimate of drug-likeness (QED) is 0.619. The third-order valence-corrected chi connectivity index (χ3v) is 3.65. The van der Waals surface area contributed by atoms with E-state index in [2.05, 4.69) is 29.8 Å². The van der Waals surface area contributed by atoms with Gasteiger partial charge in [0.2, 0.25) is 5.95 Å². The van der Waals surface area contributed by atoms with Gasteiger partial charge in [0.15, 0.2) is 0 Å². The van der Waals surface area contributed by atoms with Crippen LogP contribution < -0.4 is 0 Å². The molecule has 2 aromatic heterocycles. The molecule has 0 unspecified atom stereocenters. The van der Waals surface area contributed by atoms with Gasteiger partial charge in [-0.3, -0.25) is 0 Å². The number of halogens is 1. The van der Waals surface area contributed by atoms with Gasteiger partial charge in [-0.25, -0.2) is 4.98 Å². The molecule has 0 saturated heterocycles. The molecular formula is C12H15FN2OSi. The summed E-state index contributed by atoms with van der Waals surface area (Å²) in [4.78, 5) is 3.78.